The Kier molecular flexibility index (Phi) is 6.04. The summed E-state index contributed by atoms with van der Waals surface area (Å²) in [6, 6.07) is 10.4. The molecule has 2 aliphatic rings. The van der Waals surface area contributed by atoms with Crippen molar-refractivity contribution < 1.29 is 5.11 Å². The highest BCUT2D eigenvalue weighted by molar-refractivity contribution is 5.91. The summed E-state index contributed by atoms with van der Waals surface area (Å²) in [5.41, 5.74) is 3.16. The maximum absolute atomic E-state index is 13.1. The van der Waals surface area contributed by atoms with E-state index in [1.807, 2.05) is 6.07 Å². The van der Waals surface area contributed by atoms with Gasteiger partial charge < -0.3 is 24.8 Å². The molecule has 0 bridgehead atoms. The molecule has 0 amide bonds. The summed E-state index contributed by atoms with van der Waals surface area (Å²) in [4.78, 5) is 27.3. The fourth-order valence-electron chi connectivity index (χ4n) is 5.33. The number of piperazine rings is 1. The van der Waals surface area contributed by atoms with Crippen LogP contribution in [-0.2, 0) is 7.05 Å². The van der Waals surface area contributed by atoms with Crippen molar-refractivity contribution in [2.75, 3.05) is 50.1 Å². The molecule has 2 atom stereocenters. The largest absolute Gasteiger partial charge is 0.396 e. The standard InChI is InChI=1S/C26H34N6O2/c1-26(10-4-5-19(26)16-33)29-24-23-22(27-17-31(3)25(23)34)15-21(28-24)18-6-8-20(9-7-18)32-13-11-30(2)12-14-32/h6-9,15,17,19,33H,4-5,10-14,16H2,1-3H3,(H,28,29)/t19-,26+/m0/s1. The molecule has 0 unspecified atom stereocenters. The van der Waals surface area contributed by atoms with Gasteiger partial charge in [0, 0.05) is 62.5 Å². The van der Waals surface area contributed by atoms with Crippen LogP contribution in [0.5, 0.6) is 0 Å². The van der Waals surface area contributed by atoms with Crippen molar-refractivity contribution in [3.8, 4) is 11.3 Å². The Hall–Kier alpha value is -2.97. The summed E-state index contributed by atoms with van der Waals surface area (Å²) < 4.78 is 1.49. The Morgan fingerprint density at radius 2 is 1.88 bits per heavy atom. The number of hydrogen-bond donors (Lipinski definition) is 2. The van der Waals surface area contributed by atoms with Crippen LogP contribution < -0.4 is 15.8 Å². The first-order chi connectivity index (χ1) is 16.4. The molecule has 0 radical (unpaired) electrons. The van der Waals surface area contributed by atoms with E-state index in [0.717, 1.165) is 56.7 Å². The minimum Gasteiger partial charge on any atom is -0.396 e. The van der Waals surface area contributed by atoms with Crippen LogP contribution in [0.3, 0.4) is 0 Å². The fourth-order valence-corrected chi connectivity index (χ4v) is 5.33. The van der Waals surface area contributed by atoms with Crippen molar-refractivity contribution >= 4 is 22.4 Å². The average molecular weight is 463 g/mol. The number of aromatic nitrogens is 3. The number of pyridine rings is 1. The Balaban J connectivity index is 1.53. The number of rotatable bonds is 5. The monoisotopic (exact) mass is 462 g/mol. The predicted molar refractivity (Wildman–Crippen MR) is 136 cm³/mol. The molecule has 3 aromatic rings. The number of nitrogens with zero attached hydrogens (tertiary/aromatic N) is 5. The first-order valence-corrected chi connectivity index (χ1v) is 12.2. The maximum atomic E-state index is 13.1. The van der Waals surface area contributed by atoms with Gasteiger partial charge in [-0.2, -0.15) is 0 Å². The highest BCUT2D eigenvalue weighted by Gasteiger charge is 2.39. The van der Waals surface area contributed by atoms with Crippen LogP contribution in [0.1, 0.15) is 26.2 Å². The molecule has 2 fully saturated rings. The third-order valence-corrected chi connectivity index (χ3v) is 7.71. The van der Waals surface area contributed by atoms with Crippen LogP contribution >= 0.6 is 0 Å². The van der Waals surface area contributed by atoms with E-state index in [0.29, 0.717) is 16.7 Å². The smallest absolute Gasteiger partial charge is 0.264 e. The van der Waals surface area contributed by atoms with Crippen molar-refractivity contribution in [3.05, 3.63) is 47.0 Å². The van der Waals surface area contributed by atoms with Crippen molar-refractivity contribution in [2.45, 2.75) is 31.7 Å². The number of aryl methyl sites for hydroxylation is 1. The lowest BCUT2D eigenvalue weighted by molar-refractivity contribution is 0.192. The van der Waals surface area contributed by atoms with E-state index in [1.165, 1.54) is 10.3 Å². The zero-order chi connectivity index (χ0) is 23.9. The Labute approximate surface area is 200 Å². The number of aliphatic hydroxyl groups is 1. The van der Waals surface area contributed by atoms with Gasteiger partial charge in [0.25, 0.3) is 5.56 Å². The summed E-state index contributed by atoms with van der Waals surface area (Å²) in [7, 11) is 3.87. The number of benzene rings is 1. The van der Waals surface area contributed by atoms with Crippen molar-refractivity contribution in [1.82, 2.24) is 19.4 Å². The molecular formula is C26H34N6O2. The highest BCUT2D eigenvalue weighted by Crippen LogP contribution is 2.39. The number of hydrogen-bond acceptors (Lipinski definition) is 7. The molecule has 1 aromatic carbocycles. The second-order valence-electron chi connectivity index (χ2n) is 10.1. The molecule has 2 N–H and O–H groups in total. The Morgan fingerprint density at radius 1 is 1.15 bits per heavy atom. The van der Waals surface area contributed by atoms with Gasteiger partial charge >= 0.3 is 0 Å². The molecule has 5 rings (SSSR count). The molecule has 34 heavy (non-hydrogen) atoms. The van der Waals surface area contributed by atoms with E-state index in [4.69, 9.17) is 4.98 Å². The van der Waals surface area contributed by atoms with Gasteiger partial charge in [0.2, 0.25) is 0 Å². The maximum Gasteiger partial charge on any atom is 0.264 e. The molecule has 1 saturated carbocycles. The first kappa shape index (κ1) is 22.8. The van der Waals surface area contributed by atoms with Gasteiger partial charge in [0.15, 0.2) is 0 Å². The van der Waals surface area contributed by atoms with Crippen LogP contribution in [0.2, 0.25) is 0 Å². The van der Waals surface area contributed by atoms with E-state index in [9.17, 15) is 9.90 Å². The zero-order valence-corrected chi connectivity index (χ0v) is 20.3. The second-order valence-corrected chi connectivity index (χ2v) is 10.1. The number of nitrogens with one attached hydrogen (secondary N) is 1. The quantitative estimate of drug-likeness (QED) is 0.603. The molecule has 1 aliphatic carbocycles. The van der Waals surface area contributed by atoms with Crippen LogP contribution in [0.15, 0.2) is 41.5 Å². The molecule has 8 nitrogen and oxygen atoms in total. The molecule has 180 valence electrons. The van der Waals surface area contributed by atoms with E-state index in [1.54, 1.807) is 13.4 Å². The molecule has 2 aromatic heterocycles. The predicted octanol–water partition coefficient (Wildman–Crippen LogP) is 2.71. The summed E-state index contributed by atoms with van der Waals surface area (Å²) in [6.45, 7) is 6.41. The van der Waals surface area contributed by atoms with Gasteiger partial charge in [0.1, 0.15) is 11.2 Å². The van der Waals surface area contributed by atoms with Gasteiger partial charge in [-0.05, 0) is 45.0 Å². The number of likely N-dealkylation sites (N-methyl/N-ethyl adjacent to an activating group) is 1. The molecular weight excluding hydrogens is 428 g/mol. The summed E-state index contributed by atoms with van der Waals surface area (Å²) in [6.07, 6.45) is 4.48. The van der Waals surface area contributed by atoms with Crippen molar-refractivity contribution in [2.24, 2.45) is 13.0 Å². The highest BCUT2D eigenvalue weighted by atomic mass is 16.3. The lowest BCUT2D eigenvalue weighted by Crippen LogP contribution is -2.44. The molecule has 0 spiro atoms. The number of aliphatic hydroxyl groups excluding tert-OH is 1. The van der Waals surface area contributed by atoms with Crippen LogP contribution in [0.25, 0.3) is 22.2 Å². The van der Waals surface area contributed by atoms with Crippen molar-refractivity contribution in [1.29, 1.82) is 0 Å². The molecule has 1 aliphatic heterocycles. The third kappa shape index (κ3) is 4.16. The fraction of sp³-hybridized carbons (Fsp3) is 0.500. The minimum absolute atomic E-state index is 0.116. The van der Waals surface area contributed by atoms with E-state index in [2.05, 4.69) is 58.3 Å². The summed E-state index contributed by atoms with van der Waals surface area (Å²) in [5, 5.41) is 14.0. The molecule has 1 saturated heterocycles. The lowest BCUT2D eigenvalue weighted by atomic mass is 9.89. The van der Waals surface area contributed by atoms with Crippen LogP contribution in [0, 0.1) is 5.92 Å². The molecule has 8 heteroatoms. The van der Waals surface area contributed by atoms with Crippen molar-refractivity contribution in [3.63, 3.8) is 0 Å². The molecule has 3 heterocycles. The van der Waals surface area contributed by atoms with Gasteiger partial charge in [-0.25, -0.2) is 9.97 Å². The van der Waals surface area contributed by atoms with Crippen LogP contribution in [-0.4, -0.2) is 69.9 Å². The Bertz CT molecular complexity index is 1230. The second kappa shape index (κ2) is 9.00. The van der Waals surface area contributed by atoms with Gasteiger partial charge in [-0.1, -0.05) is 18.6 Å². The van der Waals surface area contributed by atoms with E-state index < -0.39 is 0 Å². The third-order valence-electron chi connectivity index (χ3n) is 7.71. The van der Waals surface area contributed by atoms with Gasteiger partial charge in [0.05, 0.1) is 17.5 Å². The Morgan fingerprint density at radius 3 is 2.59 bits per heavy atom. The van der Waals surface area contributed by atoms with Crippen LogP contribution in [0.4, 0.5) is 11.5 Å². The zero-order valence-electron chi connectivity index (χ0n) is 20.3. The van der Waals surface area contributed by atoms with E-state index >= 15 is 0 Å². The van der Waals surface area contributed by atoms with Gasteiger partial charge in [-0.3, -0.25) is 4.79 Å². The topological polar surface area (TPSA) is 86.5 Å². The first-order valence-electron chi connectivity index (χ1n) is 12.2. The van der Waals surface area contributed by atoms with Gasteiger partial charge in [-0.15, -0.1) is 0 Å². The lowest BCUT2D eigenvalue weighted by Gasteiger charge is -2.34. The number of anilines is 2. The normalized spacial score (nSPS) is 23.5. The SMILES string of the molecule is CN1CCN(c2ccc(-c3cc4ncn(C)c(=O)c4c(N[C@]4(C)CCC[C@H]4CO)n3)cc2)CC1. The summed E-state index contributed by atoms with van der Waals surface area (Å²) >= 11 is 0. The number of fused-ring (bicyclic) bond motifs is 1. The van der Waals surface area contributed by atoms with E-state index in [-0.39, 0.29) is 23.6 Å². The minimum atomic E-state index is -0.320. The average Bonchev–Trinajstić information content (AvgIpc) is 3.21. The summed E-state index contributed by atoms with van der Waals surface area (Å²) in [5.74, 6) is 0.670.